The van der Waals surface area contributed by atoms with Gasteiger partial charge in [0.15, 0.2) is 0 Å². The second kappa shape index (κ2) is 8.34. The molecule has 19 heavy (non-hydrogen) atoms. The van der Waals surface area contributed by atoms with Gasteiger partial charge in [0, 0.05) is 6.42 Å². The van der Waals surface area contributed by atoms with Crippen LogP contribution in [0, 0.1) is 34.0 Å². The number of nitrogens with zero attached hydrogens (tertiary/aromatic N) is 3. The van der Waals surface area contributed by atoms with Crippen molar-refractivity contribution >= 4 is 6.08 Å². The molecule has 0 aliphatic rings. The Labute approximate surface area is 112 Å². The fraction of sp³-hybridized carbons (Fsp3) is 0.267. The van der Waals surface area contributed by atoms with Gasteiger partial charge in [0.1, 0.15) is 23.5 Å². The number of unbranched alkanes of at least 4 members (excludes halogenated alkanes) is 2. The third-order valence-corrected chi connectivity index (χ3v) is 2.36. The van der Waals surface area contributed by atoms with Crippen LogP contribution in [-0.4, -0.2) is 6.61 Å². The third kappa shape index (κ3) is 5.39. The van der Waals surface area contributed by atoms with Gasteiger partial charge in [0.2, 0.25) is 0 Å². The molecule has 1 aromatic carbocycles. The highest BCUT2D eigenvalue weighted by Gasteiger charge is 1.98. The summed E-state index contributed by atoms with van der Waals surface area (Å²) in [5, 5.41) is 25.8. The minimum Gasteiger partial charge on any atom is -0.494 e. The summed E-state index contributed by atoms with van der Waals surface area (Å²) >= 11 is 0. The van der Waals surface area contributed by atoms with Crippen molar-refractivity contribution in [3.8, 4) is 24.0 Å². The Morgan fingerprint density at radius 3 is 2.63 bits per heavy atom. The minimum atomic E-state index is 0.0613. The van der Waals surface area contributed by atoms with Crippen LogP contribution in [0.5, 0.6) is 5.75 Å². The second-order valence-corrected chi connectivity index (χ2v) is 3.82. The summed E-state index contributed by atoms with van der Waals surface area (Å²) in [4.78, 5) is 0. The van der Waals surface area contributed by atoms with Gasteiger partial charge in [-0.2, -0.15) is 15.8 Å². The molecule has 4 heteroatoms. The molecule has 0 spiro atoms. The molecule has 1 rings (SSSR count). The summed E-state index contributed by atoms with van der Waals surface area (Å²) in [6.07, 6.45) is 3.71. The van der Waals surface area contributed by atoms with Gasteiger partial charge in [-0.25, -0.2) is 0 Å². The summed E-state index contributed by atoms with van der Waals surface area (Å²) in [5.74, 6) is 0.695. The quantitative estimate of drug-likeness (QED) is 0.574. The van der Waals surface area contributed by atoms with Crippen LogP contribution in [-0.2, 0) is 0 Å². The maximum atomic E-state index is 8.68. The molecule has 0 heterocycles. The number of hydrogen-bond donors (Lipinski definition) is 0. The first-order valence-electron chi connectivity index (χ1n) is 5.92. The molecule has 94 valence electrons. The van der Waals surface area contributed by atoms with Crippen molar-refractivity contribution in [1.29, 1.82) is 15.8 Å². The Balaban J connectivity index is 2.59. The first-order chi connectivity index (χ1) is 9.30. The van der Waals surface area contributed by atoms with Crippen LogP contribution in [0.1, 0.15) is 24.8 Å². The van der Waals surface area contributed by atoms with E-state index in [1.54, 1.807) is 12.1 Å². The molecule has 0 aliphatic carbocycles. The van der Waals surface area contributed by atoms with Crippen molar-refractivity contribution in [3.63, 3.8) is 0 Å². The van der Waals surface area contributed by atoms with E-state index in [2.05, 4.69) is 6.07 Å². The molecule has 0 bridgehead atoms. The fourth-order valence-corrected chi connectivity index (χ4v) is 1.45. The minimum absolute atomic E-state index is 0.0613. The topological polar surface area (TPSA) is 80.6 Å². The van der Waals surface area contributed by atoms with Crippen molar-refractivity contribution in [1.82, 2.24) is 0 Å². The molecule has 0 unspecified atom stereocenters. The highest BCUT2D eigenvalue weighted by molar-refractivity contribution is 5.62. The van der Waals surface area contributed by atoms with E-state index in [4.69, 9.17) is 20.5 Å². The number of hydrogen-bond acceptors (Lipinski definition) is 4. The van der Waals surface area contributed by atoms with Crippen LogP contribution in [0.25, 0.3) is 6.08 Å². The van der Waals surface area contributed by atoms with Crippen molar-refractivity contribution in [3.05, 3.63) is 35.4 Å². The second-order valence-electron chi connectivity index (χ2n) is 3.82. The van der Waals surface area contributed by atoms with E-state index < -0.39 is 0 Å². The lowest BCUT2D eigenvalue weighted by atomic mass is 10.1. The number of ether oxygens (including phenoxy) is 1. The lowest BCUT2D eigenvalue weighted by molar-refractivity contribution is 0.307. The Morgan fingerprint density at radius 1 is 1.16 bits per heavy atom. The Kier molecular flexibility index (Phi) is 6.27. The van der Waals surface area contributed by atoms with Gasteiger partial charge in [0.25, 0.3) is 0 Å². The number of rotatable bonds is 6. The van der Waals surface area contributed by atoms with Crippen LogP contribution in [0.3, 0.4) is 0 Å². The predicted molar refractivity (Wildman–Crippen MR) is 70.6 cm³/mol. The van der Waals surface area contributed by atoms with Gasteiger partial charge in [-0.3, -0.25) is 0 Å². The van der Waals surface area contributed by atoms with Gasteiger partial charge in [-0.05, 0) is 36.6 Å². The van der Waals surface area contributed by atoms with E-state index in [9.17, 15) is 0 Å². The van der Waals surface area contributed by atoms with E-state index in [-0.39, 0.29) is 5.57 Å². The Morgan fingerprint density at radius 2 is 1.95 bits per heavy atom. The summed E-state index contributed by atoms with van der Waals surface area (Å²) in [7, 11) is 0. The molecule has 0 aromatic heterocycles. The van der Waals surface area contributed by atoms with E-state index in [0.717, 1.165) is 18.4 Å². The van der Waals surface area contributed by atoms with Crippen molar-refractivity contribution in [2.45, 2.75) is 19.3 Å². The van der Waals surface area contributed by atoms with Crippen LogP contribution < -0.4 is 4.74 Å². The largest absolute Gasteiger partial charge is 0.494 e. The average molecular weight is 251 g/mol. The summed E-state index contributed by atoms with van der Waals surface area (Å²) in [5.41, 5.74) is 0.818. The Hall–Kier alpha value is -2.77. The van der Waals surface area contributed by atoms with Gasteiger partial charge in [-0.15, -0.1) is 0 Å². The molecule has 0 aliphatic heterocycles. The van der Waals surface area contributed by atoms with Crippen molar-refractivity contribution < 1.29 is 4.74 Å². The molecule has 4 nitrogen and oxygen atoms in total. The van der Waals surface area contributed by atoms with Crippen LogP contribution in [0.2, 0.25) is 0 Å². The number of allylic oxidation sites excluding steroid dienone is 1. The Bertz CT molecular complexity index is 554. The van der Waals surface area contributed by atoms with Crippen LogP contribution in [0.15, 0.2) is 29.8 Å². The molecule has 0 radical (unpaired) electrons. The highest BCUT2D eigenvalue weighted by atomic mass is 16.5. The predicted octanol–water partition coefficient (Wildman–Crippen LogP) is 3.19. The smallest absolute Gasteiger partial charge is 0.130 e. The lowest BCUT2D eigenvalue weighted by Crippen LogP contribution is -1.97. The third-order valence-electron chi connectivity index (χ3n) is 2.36. The van der Waals surface area contributed by atoms with E-state index >= 15 is 0 Å². The van der Waals surface area contributed by atoms with Crippen LogP contribution in [0.4, 0.5) is 0 Å². The highest BCUT2D eigenvalue weighted by Crippen LogP contribution is 2.16. The zero-order valence-corrected chi connectivity index (χ0v) is 10.5. The first kappa shape index (κ1) is 14.3. The fourth-order valence-electron chi connectivity index (χ4n) is 1.45. The monoisotopic (exact) mass is 251 g/mol. The molecular weight excluding hydrogens is 238 g/mol. The molecule has 0 saturated heterocycles. The van der Waals surface area contributed by atoms with E-state index in [1.807, 2.05) is 24.3 Å². The molecule has 0 saturated carbocycles. The molecule has 1 aromatic rings. The van der Waals surface area contributed by atoms with E-state index in [1.165, 1.54) is 6.08 Å². The van der Waals surface area contributed by atoms with Crippen molar-refractivity contribution in [2.75, 3.05) is 6.61 Å². The first-order valence-corrected chi connectivity index (χ1v) is 5.92. The maximum Gasteiger partial charge on any atom is 0.130 e. The summed E-state index contributed by atoms with van der Waals surface area (Å²) in [6, 6.07) is 12.9. The number of benzene rings is 1. The molecule has 0 N–H and O–H groups in total. The van der Waals surface area contributed by atoms with Gasteiger partial charge < -0.3 is 4.74 Å². The van der Waals surface area contributed by atoms with E-state index in [0.29, 0.717) is 18.8 Å². The summed E-state index contributed by atoms with van der Waals surface area (Å²) in [6.45, 7) is 0.554. The normalized spacial score (nSPS) is 8.68. The number of nitriles is 3. The standard InChI is InChI=1S/C15H13N3O/c16-7-2-1-3-8-19-15-6-4-5-13(10-15)9-14(11-17)12-18/h4-6,9-10H,1-3,8H2. The lowest BCUT2D eigenvalue weighted by Gasteiger charge is -2.05. The van der Waals surface area contributed by atoms with Gasteiger partial charge >= 0.3 is 0 Å². The molecule has 0 fully saturated rings. The maximum absolute atomic E-state index is 8.68. The molecular formula is C15H13N3O. The SMILES string of the molecule is N#CCCCCOc1cccc(C=C(C#N)C#N)c1. The van der Waals surface area contributed by atoms with Gasteiger partial charge in [0.05, 0.1) is 12.7 Å². The molecule has 0 atom stereocenters. The molecule has 0 amide bonds. The zero-order chi connectivity index (χ0) is 13.9. The zero-order valence-electron chi connectivity index (χ0n) is 10.5. The van der Waals surface area contributed by atoms with Gasteiger partial charge in [-0.1, -0.05) is 12.1 Å². The van der Waals surface area contributed by atoms with Crippen LogP contribution >= 0.6 is 0 Å². The summed E-state index contributed by atoms with van der Waals surface area (Å²) < 4.78 is 5.54. The van der Waals surface area contributed by atoms with Crippen molar-refractivity contribution in [2.24, 2.45) is 0 Å². The average Bonchev–Trinajstić information content (AvgIpc) is 2.45.